The second kappa shape index (κ2) is 8.82. The summed E-state index contributed by atoms with van der Waals surface area (Å²) in [6.07, 6.45) is 1.04. The van der Waals surface area contributed by atoms with E-state index in [1.54, 1.807) is 12.1 Å². The molecular formula is C18H22O5S. The minimum Gasteiger partial charge on any atom is -0.491 e. The molecule has 2 aromatic carbocycles. The van der Waals surface area contributed by atoms with Crippen molar-refractivity contribution in [2.45, 2.75) is 20.1 Å². The zero-order valence-corrected chi connectivity index (χ0v) is 14.7. The van der Waals surface area contributed by atoms with Crippen LogP contribution in [0.4, 0.5) is 0 Å². The number of hydrogen-bond acceptors (Lipinski definition) is 5. The predicted molar refractivity (Wildman–Crippen MR) is 92.4 cm³/mol. The predicted octanol–water partition coefficient (Wildman–Crippen LogP) is 3.07. The number of hydrogen-bond donors (Lipinski definition) is 0. The van der Waals surface area contributed by atoms with Crippen LogP contribution in [0.25, 0.3) is 0 Å². The molecule has 24 heavy (non-hydrogen) atoms. The largest absolute Gasteiger partial charge is 0.491 e. The van der Waals surface area contributed by atoms with Gasteiger partial charge >= 0.3 is 0 Å². The molecule has 0 N–H and O–H groups in total. The molecule has 0 amide bonds. The minimum atomic E-state index is -3.44. The van der Waals surface area contributed by atoms with Crippen LogP contribution in [-0.4, -0.2) is 27.9 Å². The number of ether oxygens (including phenoxy) is 2. The van der Waals surface area contributed by atoms with Crippen molar-refractivity contribution in [3.05, 3.63) is 65.2 Å². The highest BCUT2D eigenvalue weighted by Gasteiger charge is 2.06. The Bertz CT molecular complexity index is 741. The Morgan fingerprint density at radius 2 is 1.71 bits per heavy atom. The highest BCUT2D eigenvalue weighted by atomic mass is 32.2. The summed E-state index contributed by atoms with van der Waals surface area (Å²) in [5.74, 6) is 0.721. The Labute approximate surface area is 143 Å². The first-order valence-corrected chi connectivity index (χ1v) is 9.44. The monoisotopic (exact) mass is 350 g/mol. The Morgan fingerprint density at radius 1 is 0.958 bits per heavy atom. The summed E-state index contributed by atoms with van der Waals surface area (Å²) in [6.45, 7) is 3.42. The maximum atomic E-state index is 11.0. The van der Waals surface area contributed by atoms with Crippen LogP contribution in [0.15, 0.2) is 48.5 Å². The van der Waals surface area contributed by atoms with Crippen molar-refractivity contribution >= 4 is 10.1 Å². The summed E-state index contributed by atoms with van der Waals surface area (Å²) in [4.78, 5) is 0. The average molecular weight is 350 g/mol. The van der Waals surface area contributed by atoms with Gasteiger partial charge in [-0.05, 0) is 35.7 Å². The molecule has 0 aliphatic rings. The lowest BCUT2D eigenvalue weighted by molar-refractivity contribution is 0.0889. The lowest BCUT2D eigenvalue weighted by Crippen LogP contribution is -2.07. The SMILES string of the molecule is Cc1cc(OCCOCc2ccccc2)ccc1COS(C)(=O)=O. The highest BCUT2D eigenvalue weighted by Crippen LogP contribution is 2.18. The van der Waals surface area contributed by atoms with E-state index in [1.807, 2.05) is 43.3 Å². The van der Waals surface area contributed by atoms with Crippen LogP contribution in [0, 0.1) is 6.92 Å². The first-order chi connectivity index (χ1) is 11.4. The van der Waals surface area contributed by atoms with Crippen molar-refractivity contribution in [3.63, 3.8) is 0 Å². The van der Waals surface area contributed by atoms with Crippen LogP contribution >= 0.6 is 0 Å². The van der Waals surface area contributed by atoms with Gasteiger partial charge < -0.3 is 9.47 Å². The molecule has 0 saturated carbocycles. The van der Waals surface area contributed by atoms with Gasteiger partial charge in [0.25, 0.3) is 10.1 Å². The minimum absolute atomic E-state index is 0.0329. The van der Waals surface area contributed by atoms with E-state index in [9.17, 15) is 8.42 Å². The van der Waals surface area contributed by atoms with Gasteiger partial charge in [0.05, 0.1) is 26.1 Å². The molecule has 2 rings (SSSR count). The van der Waals surface area contributed by atoms with Gasteiger partial charge in [-0.3, -0.25) is 4.18 Å². The van der Waals surface area contributed by atoms with Gasteiger partial charge in [-0.1, -0.05) is 36.4 Å². The van der Waals surface area contributed by atoms with E-state index in [2.05, 4.69) is 0 Å². The van der Waals surface area contributed by atoms with E-state index < -0.39 is 10.1 Å². The van der Waals surface area contributed by atoms with Crippen LogP contribution in [0.2, 0.25) is 0 Å². The standard InChI is InChI=1S/C18H22O5S/c1-15-12-18(9-8-17(15)14-23-24(2,19)20)22-11-10-21-13-16-6-4-3-5-7-16/h3-9,12H,10-11,13-14H2,1-2H3. The van der Waals surface area contributed by atoms with E-state index in [4.69, 9.17) is 13.7 Å². The Morgan fingerprint density at radius 3 is 2.38 bits per heavy atom. The second-order valence-electron chi connectivity index (χ2n) is 5.44. The molecule has 0 bridgehead atoms. The van der Waals surface area contributed by atoms with Crippen molar-refractivity contribution in [3.8, 4) is 5.75 Å². The number of rotatable bonds is 9. The average Bonchev–Trinajstić information content (AvgIpc) is 2.54. The van der Waals surface area contributed by atoms with Crippen molar-refractivity contribution in [2.24, 2.45) is 0 Å². The third kappa shape index (κ3) is 6.70. The second-order valence-corrected chi connectivity index (χ2v) is 7.09. The molecule has 0 fully saturated rings. The summed E-state index contributed by atoms with van der Waals surface area (Å²) < 4.78 is 38.1. The molecule has 0 atom stereocenters. The Balaban J connectivity index is 1.74. The molecule has 0 saturated heterocycles. The zero-order chi connectivity index (χ0) is 17.4. The third-order valence-corrected chi connectivity index (χ3v) is 3.90. The molecule has 0 aliphatic carbocycles. The molecule has 130 valence electrons. The van der Waals surface area contributed by atoms with Gasteiger partial charge in [0.15, 0.2) is 0 Å². The molecule has 0 radical (unpaired) electrons. The van der Waals surface area contributed by atoms with E-state index in [0.29, 0.717) is 19.8 Å². The molecule has 0 heterocycles. The molecule has 0 aliphatic heterocycles. The first kappa shape index (κ1) is 18.4. The Kier molecular flexibility index (Phi) is 6.78. The van der Waals surface area contributed by atoms with Crippen LogP contribution in [0.5, 0.6) is 5.75 Å². The van der Waals surface area contributed by atoms with Gasteiger partial charge in [-0.15, -0.1) is 0 Å². The fourth-order valence-electron chi connectivity index (χ4n) is 2.07. The maximum Gasteiger partial charge on any atom is 0.264 e. The lowest BCUT2D eigenvalue weighted by Gasteiger charge is -2.10. The van der Waals surface area contributed by atoms with Crippen LogP contribution in [-0.2, 0) is 32.3 Å². The van der Waals surface area contributed by atoms with Crippen LogP contribution in [0.3, 0.4) is 0 Å². The maximum absolute atomic E-state index is 11.0. The normalized spacial score (nSPS) is 11.4. The van der Waals surface area contributed by atoms with Gasteiger partial charge in [0.2, 0.25) is 0 Å². The van der Waals surface area contributed by atoms with Crippen molar-refractivity contribution in [1.29, 1.82) is 0 Å². The van der Waals surface area contributed by atoms with Gasteiger partial charge in [0, 0.05) is 0 Å². The van der Waals surface area contributed by atoms with Crippen molar-refractivity contribution < 1.29 is 22.1 Å². The van der Waals surface area contributed by atoms with Gasteiger partial charge in [0.1, 0.15) is 12.4 Å². The molecule has 0 aromatic heterocycles. The summed E-state index contributed by atoms with van der Waals surface area (Å²) >= 11 is 0. The first-order valence-electron chi connectivity index (χ1n) is 7.62. The molecule has 2 aromatic rings. The summed E-state index contributed by atoms with van der Waals surface area (Å²) in [5, 5.41) is 0. The van der Waals surface area contributed by atoms with Crippen molar-refractivity contribution in [2.75, 3.05) is 19.5 Å². The van der Waals surface area contributed by atoms with E-state index in [0.717, 1.165) is 28.7 Å². The number of benzene rings is 2. The van der Waals surface area contributed by atoms with Crippen molar-refractivity contribution in [1.82, 2.24) is 0 Å². The molecule has 0 unspecified atom stereocenters. The van der Waals surface area contributed by atoms with Crippen LogP contribution in [0.1, 0.15) is 16.7 Å². The lowest BCUT2D eigenvalue weighted by atomic mass is 10.1. The molecule has 0 spiro atoms. The van der Waals surface area contributed by atoms with E-state index >= 15 is 0 Å². The smallest absolute Gasteiger partial charge is 0.264 e. The number of aryl methyl sites for hydroxylation is 1. The quantitative estimate of drug-likeness (QED) is 0.514. The van der Waals surface area contributed by atoms with Gasteiger partial charge in [-0.2, -0.15) is 8.42 Å². The molecular weight excluding hydrogens is 328 g/mol. The molecule has 6 heteroatoms. The summed E-state index contributed by atoms with van der Waals surface area (Å²) in [6, 6.07) is 15.4. The topological polar surface area (TPSA) is 61.8 Å². The molecule has 5 nitrogen and oxygen atoms in total. The zero-order valence-electron chi connectivity index (χ0n) is 13.9. The third-order valence-electron chi connectivity index (χ3n) is 3.35. The van der Waals surface area contributed by atoms with Crippen LogP contribution < -0.4 is 4.74 Å². The summed E-state index contributed by atoms with van der Waals surface area (Å²) in [7, 11) is -3.44. The van der Waals surface area contributed by atoms with E-state index in [-0.39, 0.29) is 6.61 Å². The Hall–Kier alpha value is -1.89. The summed E-state index contributed by atoms with van der Waals surface area (Å²) in [5.41, 5.74) is 2.86. The van der Waals surface area contributed by atoms with E-state index in [1.165, 1.54) is 0 Å². The fourth-order valence-corrected chi connectivity index (χ4v) is 2.41. The van der Waals surface area contributed by atoms with Gasteiger partial charge in [-0.25, -0.2) is 0 Å². The highest BCUT2D eigenvalue weighted by molar-refractivity contribution is 7.85. The fraction of sp³-hybridized carbons (Fsp3) is 0.333.